The molecule has 2 aliphatic rings. The minimum atomic E-state index is 0.108. The van der Waals surface area contributed by atoms with Crippen LogP contribution in [0, 0.1) is 0 Å². The molecule has 0 saturated heterocycles. The van der Waals surface area contributed by atoms with Gasteiger partial charge < -0.3 is 4.42 Å². The first-order valence-corrected chi connectivity index (χ1v) is 17.8. The molecule has 0 spiro atoms. The van der Waals surface area contributed by atoms with Gasteiger partial charge in [0.1, 0.15) is 11.2 Å². The Balaban J connectivity index is 1.05. The molecule has 0 fully saturated rings. The Bertz CT molecular complexity index is 2820. The van der Waals surface area contributed by atoms with E-state index >= 15 is 0 Å². The highest BCUT2D eigenvalue weighted by Gasteiger charge is 2.33. The summed E-state index contributed by atoms with van der Waals surface area (Å²) in [4.78, 5) is 0. The van der Waals surface area contributed by atoms with Gasteiger partial charge in [-0.2, -0.15) is 0 Å². The summed E-state index contributed by atoms with van der Waals surface area (Å²) in [6, 6.07) is 67.0. The van der Waals surface area contributed by atoms with Crippen LogP contribution >= 0.6 is 0 Å². The molecule has 1 nitrogen and oxygen atoms in total. The van der Waals surface area contributed by atoms with Gasteiger partial charge in [0.25, 0.3) is 0 Å². The smallest absolute Gasteiger partial charge is 0.136 e. The first-order valence-electron chi connectivity index (χ1n) is 17.8. The molecule has 2 aliphatic carbocycles. The van der Waals surface area contributed by atoms with E-state index in [4.69, 9.17) is 4.42 Å². The highest BCUT2D eigenvalue weighted by atomic mass is 16.3. The molecule has 1 heteroatoms. The molecule has 2 unspecified atom stereocenters. The van der Waals surface area contributed by atoms with E-state index in [1.807, 2.05) is 12.1 Å². The zero-order valence-electron chi connectivity index (χ0n) is 27.9. The van der Waals surface area contributed by atoms with Crippen LogP contribution in [0.5, 0.6) is 0 Å². The van der Waals surface area contributed by atoms with Gasteiger partial charge in [-0.05, 0) is 108 Å². The van der Waals surface area contributed by atoms with Crippen molar-refractivity contribution in [3.05, 3.63) is 215 Å². The molecule has 0 saturated carbocycles. The molecular weight excluding hydrogens is 617 g/mol. The van der Waals surface area contributed by atoms with Gasteiger partial charge in [-0.3, -0.25) is 0 Å². The minimum Gasteiger partial charge on any atom is -0.456 e. The van der Waals surface area contributed by atoms with Gasteiger partial charge in [0.15, 0.2) is 0 Å². The van der Waals surface area contributed by atoms with Crippen molar-refractivity contribution in [3.8, 4) is 44.5 Å². The lowest BCUT2D eigenvalue weighted by atomic mass is 9.83. The summed E-state index contributed by atoms with van der Waals surface area (Å²) in [6.45, 7) is 0. The maximum absolute atomic E-state index is 6.34. The highest BCUT2D eigenvalue weighted by molar-refractivity contribution is 6.06. The van der Waals surface area contributed by atoms with Crippen LogP contribution < -0.4 is 0 Å². The summed E-state index contributed by atoms with van der Waals surface area (Å²) >= 11 is 0. The van der Waals surface area contributed by atoms with Crippen LogP contribution in [0.4, 0.5) is 0 Å². The molecule has 0 aliphatic heterocycles. The number of hydrogen-bond acceptors (Lipinski definition) is 1. The van der Waals surface area contributed by atoms with E-state index in [2.05, 4.69) is 170 Å². The van der Waals surface area contributed by atoms with E-state index < -0.39 is 0 Å². The van der Waals surface area contributed by atoms with E-state index in [9.17, 15) is 0 Å². The van der Waals surface area contributed by atoms with Crippen LogP contribution in [0.3, 0.4) is 0 Å². The Hall–Kier alpha value is -6.44. The van der Waals surface area contributed by atoms with E-state index in [-0.39, 0.29) is 11.8 Å². The van der Waals surface area contributed by atoms with Gasteiger partial charge in [0.2, 0.25) is 0 Å². The molecule has 1 heterocycles. The lowest BCUT2D eigenvalue weighted by Gasteiger charge is -2.20. The average molecular weight is 649 g/mol. The fourth-order valence-corrected chi connectivity index (χ4v) is 9.02. The summed E-state index contributed by atoms with van der Waals surface area (Å²) < 4.78 is 6.34. The first kappa shape index (κ1) is 28.4. The summed E-state index contributed by atoms with van der Waals surface area (Å²) in [5.74, 6) is 0.358. The Morgan fingerprint density at radius 2 is 0.843 bits per heavy atom. The number of hydrogen-bond donors (Lipinski definition) is 0. The van der Waals surface area contributed by atoms with Gasteiger partial charge in [-0.1, -0.05) is 152 Å². The van der Waals surface area contributed by atoms with Crippen LogP contribution in [0.25, 0.3) is 66.4 Å². The third-order valence-electron chi connectivity index (χ3n) is 11.3. The second-order valence-corrected chi connectivity index (χ2v) is 14.0. The predicted molar refractivity (Wildman–Crippen MR) is 210 cm³/mol. The van der Waals surface area contributed by atoms with Gasteiger partial charge in [-0.25, -0.2) is 0 Å². The molecule has 2 atom stereocenters. The molecule has 8 aromatic carbocycles. The second-order valence-electron chi connectivity index (χ2n) is 14.0. The highest BCUT2D eigenvalue weighted by Crippen LogP contribution is 2.52. The zero-order chi connectivity index (χ0) is 33.5. The van der Waals surface area contributed by atoms with Gasteiger partial charge in [0.05, 0.1) is 0 Å². The van der Waals surface area contributed by atoms with Gasteiger partial charge >= 0.3 is 0 Å². The normalized spacial score (nSPS) is 15.5. The monoisotopic (exact) mass is 648 g/mol. The topological polar surface area (TPSA) is 13.1 Å². The molecule has 0 amide bonds. The Morgan fingerprint density at radius 3 is 1.67 bits per heavy atom. The van der Waals surface area contributed by atoms with Crippen molar-refractivity contribution in [2.75, 3.05) is 0 Å². The molecule has 9 aromatic rings. The summed E-state index contributed by atoms with van der Waals surface area (Å²) in [7, 11) is 0. The number of rotatable bonds is 4. The van der Waals surface area contributed by atoms with E-state index in [0.717, 1.165) is 21.9 Å². The molecule has 11 rings (SSSR count). The van der Waals surface area contributed by atoms with Crippen molar-refractivity contribution in [1.29, 1.82) is 0 Å². The van der Waals surface area contributed by atoms with Crippen LogP contribution in [0.1, 0.15) is 45.2 Å². The predicted octanol–water partition coefficient (Wildman–Crippen LogP) is 13.2. The number of fused-ring (bicyclic) bond motifs is 9. The second kappa shape index (κ2) is 11.0. The Kier molecular flexibility index (Phi) is 6.15. The van der Waals surface area contributed by atoms with Crippen LogP contribution in [-0.4, -0.2) is 0 Å². The van der Waals surface area contributed by atoms with Crippen molar-refractivity contribution < 1.29 is 4.42 Å². The van der Waals surface area contributed by atoms with Crippen LogP contribution in [0.2, 0.25) is 0 Å². The zero-order valence-corrected chi connectivity index (χ0v) is 27.9. The summed E-state index contributed by atoms with van der Waals surface area (Å²) in [5, 5.41) is 2.31. The lowest BCUT2D eigenvalue weighted by molar-refractivity contribution is 0.669. The van der Waals surface area contributed by atoms with Crippen molar-refractivity contribution in [1.82, 2.24) is 0 Å². The van der Waals surface area contributed by atoms with E-state index in [1.54, 1.807) is 0 Å². The largest absolute Gasteiger partial charge is 0.456 e. The number of furan rings is 1. The maximum atomic E-state index is 6.34. The molecule has 51 heavy (non-hydrogen) atoms. The van der Waals surface area contributed by atoms with Crippen molar-refractivity contribution in [3.63, 3.8) is 0 Å². The molecule has 0 bridgehead atoms. The number of para-hydroxylation sites is 1. The Labute approximate surface area is 297 Å². The van der Waals surface area contributed by atoms with Crippen molar-refractivity contribution >= 4 is 21.9 Å². The fourth-order valence-electron chi connectivity index (χ4n) is 9.02. The van der Waals surface area contributed by atoms with Gasteiger partial charge in [0, 0.05) is 22.6 Å². The van der Waals surface area contributed by atoms with Gasteiger partial charge in [-0.15, -0.1) is 0 Å². The third kappa shape index (κ3) is 4.28. The quantitative estimate of drug-likeness (QED) is 0.185. The van der Waals surface area contributed by atoms with Crippen LogP contribution in [-0.2, 0) is 0 Å². The van der Waals surface area contributed by atoms with Crippen molar-refractivity contribution in [2.24, 2.45) is 0 Å². The molecule has 1 aromatic heterocycles. The third-order valence-corrected chi connectivity index (χ3v) is 11.3. The van der Waals surface area contributed by atoms with E-state index in [1.165, 1.54) is 77.9 Å². The fraction of sp³-hybridized carbons (Fsp3) is 0.0400. The maximum Gasteiger partial charge on any atom is 0.136 e. The number of benzene rings is 8. The Morgan fingerprint density at radius 1 is 0.294 bits per heavy atom. The van der Waals surface area contributed by atoms with E-state index in [0.29, 0.717) is 0 Å². The average Bonchev–Trinajstić information content (AvgIpc) is 3.85. The standard InChI is InChI=1S/C50H32O/c1-2-12-31(13-3-1)49-42-19-8-6-16-37(42)45-28-32(23-27-44(45)49)33-22-25-38-36-15-5-9-20-43(36)50(46(38)29-33)41-18-7-4-14-35(41)34-24-26-40-39-17-10-11-21-47(39)51-48(40)30-34/h1-30,49-50H. The first-order chi connectivity index (χ1) is 25.3. The SMILES string of the molecule is c1ccc(C2c3ccccc3-c3cc(-c4ccc5c(c4)C(c4ccccc4-c4ccc6c(c4)oc4ccccc46)c4ccccc4-5)ccc32)cc1. The summed E-state index contributed by atoms with van der Waals surface area (Å²) in [6.07, 6.45) is 0. The van der Waals surface area contributed by atoms with Crippen LogP contribution in [0.15, 0.2) is 186 Å². The minimum absolute atomic E-state index is 0.108. The summed E-state index contributed by atoms with van der Waals surface area (Å²) in [5.41, 5.74) is 20.2. The molecule has 0 N–H and O–H groups in total. The molecule has 238 valence electrons. The molecular formula is C50H32O. The molecule has 0 radical (unpaired) electrons. The lowest BCUT2D eigenvalue weighted by Crippen LogP contribution is -2.02. The van der Waals surface area contributed by atoms with Crippen molar-refractivity contribution in [2.45, 2.75) is 11.8 Å².